The second kappa shape index (κ2) is 7.56. The van der Waals surface area contributed by atoms with E-state index in [9.17, 15) is 22.4 Å². The first-order valence-corrected chi connectivity index (χ1v) is 7.87. The molecule has 27 heavy (non-hydrogen) atoms. The van der Waals surface area contributed by atoms with Gasteiger partial charge in [-0.2, -0.15) is 18.2 Å². The van der Waals surface area contributed by atoms with Gasteiger partial charge in [-0.1, -0.05) is 5.16 Å². The highest BCUT2D eigenvalue weighted by atomic mass is 19.4. The van der Waals surface area contributed by atoms with Crippen molar-refractivity contribution < 1.29 is 26.9 Å². The second-order valence-corrected chi connectivity index (χ2v) is 5.60. The summed E-state index contributed by atoms with van der Waals surface area (Å²) in [6.45, 7) is 0.158. The molecule has 0 saturated heterocycles. The molecule has 140 valence electrons. The predicted octanol–water partition coefficient (Wildman–Crippen LogP) is 3.87. The van der Waals surface area contributed by atoms with Gasteiger partial charge in [-0.05, 0) is 48.5 Å². The number of carbonyl (C=O) groups is 1. The van der Waals surface area contributed by atoms with Crippen molar-refractivity contribution in [2.75, 3.05) is 6.54 Å². The number of carbonyl (C=O) groups excluding carboxylic acids is 1. The van der Waals surface area contributed by atoms with E-state index in [1.807, 2.05) is 0 Å². The smallest absolute Gasteiger partial charge is 0.352 e. The molecule has 3 rings (SSSR count). The van der Waals surface area contributed by atoms with E-state index in [-0.39, 0.29) is 30.2 Å². The van der Waals surface area contributed by atoms with Crippen LogP contribution in [0.4, 0.5) is 17.6 Å². The number of hydrogen-bond donors (Lipinski definition) is 1. The molecule has 0 spiro atoms. The first-order chi connectivity index (χ1) is 12.8. The minimum Gasteiger partial charge on any atom is -0.352 e. The van der Waals surface area contributed by atoms with Crippen molar-refractivity contribution in [3.8, 4) is 11.4 Å². The van der Waals surface area contributed by atoms with E-state index in [4.69, 9.17) is 4.52 Å². The highest BCUT2D eigenvalue weighted by Crippen LogP contribution is 2.29. The normalized spacial score (nSPS) is 11.4. The van der Waals surface area contributed by atoms with Gasteiger partial charge in [-0.3, -0.25) is 4.79 Å². The molecule has 9 heteroatoms. The lowest BCUT2D eigenvalue weighted by molar-refractivity contribution is -0.137. The molecule has 0 aliphatic carbocycles. The average molecular weight is 379 g/mol. The van der Waals surface area contributed by atoms with Crippen LogP contribution in [0.2, 0.25) is 0 Å². The maximum Gasteiger partial charge on any atom is 0.416 e. The minimum absolute atomic E-state index is 0.112. The van der Waals surface area contributed by atoms with E-state index in [1.54, 1.807) is 0 Å². The maximum absolute atomic E-state index is 12.9. The van der Waals surface area contributed by atoms with Crippen molar-refractivity contribution in [2.24, 2.45) is 0 Å². The van der Waals surface area contributed by atoms with Gasteiger partial charge in [0.2, 0.25) is 11.7 Å². The Bertz CT molecular complexity index is 919. The van der Waals surface area contributed by atoms with Crippen LogP contribution >= 0.6 is 0 Å². The molecule has 1 N–H and O–H groups in total. The molecule has 0 atom stereocenters. The Morgan fingerprint density at radius 1 is 1.04 bits per heavy atom. The zero-order valence-electron chi connectivity index (χ0n) is 13.8. The summed E-state index contributed by atoms with van der Waals surface area (Å²) in [4.78, 5) is 16.1. The first-order valence-electron chi connectivity index (χ1n) is 7.87. The van der Waals surface area contributed by atoms with Crippen molar-refractivity contribution in [3.63, 3.8) is 0 Å². The van der Waals surface area contributed by atoms with Crippen LogP contribution in [-0.2, 0) is 12.6 Å². The Balaban J connectivity index is 1.54. The molecule has 3 aromatic rings. The van der Waals surface area contributed by atoms with Crippen LogP contribution in [0.15, 0.2) is 53.1 Å². The third-order valence-corrected chi connectivity index (χ3v) is 3.67. The quantitative estimate of drug-likeness (QED) is 0.684. The predicted molar refractivity (Wildman–Crippen MR) is 87.2 cm³/mol. The molecule has 0 fully saturated rings. The van der Waals surface area contributed by atoms with Crippen molar-refractivity contribution in [2.45, 2.75) is 12.6 Å². The lowest BCUT2D eigenvalue weighted by Crippen LogP contribution is -2.25. The summed E-state index contributed by atoms with van der Waals surface area (Å²) >= 11 is 0. The van der Waals surface area contributed by atoms with Gasteiger partial charge < -0.3 is 9.84 Å². The van der Waals surface area contributed by atoms with E-state index < -0.39 is 17.6 Å². The standard InChI is InChI=1S/C18H13F4N3O2/c19-14-7-3-11(4-8-14)16-24-15(27-25-16)9-10-23-17(26)12-1-5-13(6-2-12)18(20,21)22/h1-8H,9-10H2,(H,23,26). The Morgan fingerprint density at radius 3 is 2.33 bits per heavy atom. The van der Waals surface area contributed by atoms with Gasteiger partial charge in [0.1, 0.15) is 5.82 Å². The number of rotatable bonds is 5. The molecular formula is C18H13F4N3O2. The zero-order valence-corrected chi connectivity index (χ0v) is 13.8. The molecule has 0 unspecified atom stereocenters. The number of nitrogens with zero attached hydrogens (tertiary/aromatic N) is 2. The van der Waals surface area contributed by atoms with Crippen molar-refractivity contribution >= 4 is 5.91 Å². The molecule has 1 aromatic heterocycles. The fourth-order valence-corrected chi connectivity index (χ4v) is 2.27. The molecule has 0 radical (unpaired) electrons. The van der Waals surface area contributed by atoms with Gasteiger partial charge in [0, 0.05) is 24.1 Å². The largest absolute Gasteiger partial charge is 0.416 e. The fourth-order valence-electron chi connectivity index (χ4n) is 2.27. The summed E-state index contributed by atoms with van der Waals surface area (Å²) in [6, 6.07) is 9.48. The summed E-state index contributed by atoms with van der Waals surface area (Å²) in [6.07, 6.45) is -4.21. The Kier molecular flexibility index (Phi) is 5.20. The van der Waals surface area contributed by atoms with Crippen LogP contribution in [0.25, 0.3) is 11.4 Å². The number of benzene rings is 2. The van der Waals surface area contributed by atoms with Gasteiger partial charge in [-0.25, -0.2) is 4.39 Å². The SMILES string of the molecule is O=C(NCCc1nc(-c2ccc(F)cc2)no1)c1ccc(C(F)(F)F)cc1. The number of alkyl halides is 3. The molecule has 1 heterocycles. The maximum atomic E-state index is 12.9. The number of nitrogens with one attached hydrogen (secondary N) is 1. The van der Waals surface area contributed by atoms with Crippen LogP contribution in [0.1, 0.15) is 21.8 Å². The zero-order chi connectivity index (χ0) is 19.4. The third kappa shape index (κ3) is 4.69. The fraction of sp³-hybridized carbons (Fsp3) is 0.167. The molecule has 2 aromatic carbocycles. The molecular weight excluding hydrogens is 366 g/mol. The van der Waals surface area contributed by atoms with Crippen LogP contribution in [0.5, 0.6) is 0 Å². The summed E-state index contributed by atoms with van der Waals surface area (Å²) in [7, 11) is 0. The van der Waals surface area contributed by atoms with E-state index in [0.29, 0.717) is 11.4 Å². The molecule has 0 bridgehead atoms. The third-order valence-electron chi connectivity index (χ3n) is 3.67. The Hall–Kier alpha value is -3.23. The highest BCUT2D eigenvalue weighted by molar-refractivity contribution is 5.94. The Labute approximate surface area is 151 Å². The van der Waals surface area contributed by atoms with E-state index in [1.165, 1.54) is 24.3 Å². The van der Waals surface area contributed by atoms with Gasteiger partial charge in [0.25, 0.3) is 5.91 Å². The van der Waals surface area contributed by atoms with Gasteiger partial charge in [0.15, 0.2) is 0 Å². The Morgan fingerprint density at radius 2 is 1.70 bits per heavy atom. The van der Waals surface area contributed by atoms with Crippen molar-refractivity contribution in [1.29, 1.82) is 0 Å². The summed E-state index contributed by atoms with van der Waals surface area (Å²) in [5.74, 6) is -0.337. The monoisotopic (exact) mass is 379 g/mol. The number of aromatic nitrogens is 2. The minimum atomic E-state index is -4.45. The average Bonchev–Trinajstić information content (AvgIpc) is 3.10. The number of halogens is 4. The lowest BCUT2D eigenvalue weighted by atomic mass is 10.1. The van der Waals surface area contributed by atoms with Gasteiger partial charge in [-0.15, -0.1) is 0 Å². The van der Waals surface area contributed by atoms with E-state index in [0.717, 1.165) is 24.3 Å². The van der Waals surface area contributed by atoms with Crippen LogP contribution in [0, 0.1) is 5.82 Å². The topological polar surface area (TPSA) is 68.0 Å². The summed E-state index contributed by atoms with van der Waals surface area (Å²) < 4.78 is 55.5. The number of amides is 1. The number of hydrogen-bond acceptors (Lipinski definition) is 4. The van der Waals surface area contributed by atoms with Gasteiger partial charge >= 0.3 is 6.18 Å². The van der Waals surface area contributed by atoms with E-state index in [2.05, 4.69) is 15.5 Å². The van der Waals surface area contributed by atoms with Crippen LogP contribution in [-0.4, -0.2) is 22.6 Å². The molecule has 1 amide bonds. The summed E-state index contributed by atoms with van der Waals surface area (Å²) in [5.41, 5.74) is -0.126. The van der Waals surface area contributed by atoms with Crippen molar-refractivity contribution in [3.05, 3.63) is 71.4 Å². The van der Waals surface area contributed by atoms with Crippen LogP contribution < -0.4 is 5.32 Å². The molecule has 0 aliphatic heterocycles. The summed E-state index contributed by atoms with van der Waals surface area (Å²) in [5, 5.41) is 6.34. The highest BCUT2D eigenvalue weighted by Gasteiger charge is 2.30. The van der Waals surface area contributed by atoms with Crippen molar-refractivity contribution in [1.82, 2.24) is 15.5 Å². The molecule has 0 saturated carbocycles. The molecule has 0 aliphatic rings. The van der Waals surface area contributed by atoms with Gasteiger partial charge in [0.05, 0.1) is 5.56 Å². The first kappa shape index (κ1) is 18.6. The van der Waals surface area contributed by atoms with E-state index >= 15 is 0 Å². The lowest BCUT2D eigenvalue weighted by Gasteiger charge is -2.07. The second-order valence-electron chi connectivity index (χ2n) is 5.60. The molecule has 5 nitrogen and oxygen atoms in total. The van der Waals surface area contributed by atoms with Crippen LogP contribution in [0.3, 0.4) is 0 Å².